The number of carboxylic acids is 1. The highest BCUT2D eigenvalue weighted by molar-refractivity contribution is 5.71. The molecule has 0 saturated heterocycles. The molecule has 1 rings (SSSR count). The molecule has 0 bridgehead atoms. The van der Waals surface area contributed by atoms with Crippen molar-refractivity contribution in [3.05, 3.63) is 23.3 Å². The van der Waals surface area contributed by atoms with Gasteiger partial charge in [0.15, 0.2) is 17.3 Å². The number of rotatable bonds is 4. The summed E-state index contributed by atoms with van der Waals surface area (Å²) in [6, 6.07) is 1.00. The van der Waals surface area contributed by atoms with Crippen LogP contribution in [0.1, 0.15) is 5.56 Å². The number of halogens is 2. The highest BCUT2D eigenvalue weighted by Gasteiger charge is 2.21. The molecule has 0 unspecified atom stereocenters. The first kappa shape index (κ1) is 12.2. The highest BCUT2D eigenvalue weighted by Crippen LogP contribution is 2.32. The van der Waals surface area contributed by atoms with E-state index in [4.69, 9.17) is 5.11 Å². The number of benzene rings is 1. The molecule has 0 aliphatic carbocycles. The number of hydrogen-bond donors (Lipinski definition) is 1. The van der Waals surface area contributed by atoms with Crippen LogP contribution in [0.3, 0.4) is 0 Å². The van der Waals surface area contributed by atoms with Crippen molar-refractivity contribution in [2.24, 2.45) is 0 Å². The molecule has 6 heteroatoms. The zero-order valence-corrected chi connectivity index (χ0v) is 8.71. The van der Waals surface area contributed by atoms with E-state index in [0.29, 0.717) is 0 Å². The van der Waals surface area contributed by atoms with Gasteiger partial charge in [0.05, 0.1) is 20.6 Å². The quantitative estimate of drug-likeness (QED) is 0.856. The second-order valence-corrected chi connectivity index (χ2v) is 2.97. The third kappa shape index (κ3) is 2.21. The Morgan fingerprint density at radius 1 is 1.31 bits per heavy atom. The van der Waals surface area contributed by atoms with E-state index >= 15 is 0 Å². The maximum absolute atomic E-state index is 13.5. The van der Waals surface area contributed by atoms with Crippen LogP contribution in [-0.4, -0.2) is 25.3 Å². The number of ether oxygens (including phenoxy) is 2. The molecule has 1 aromatic carbocycles. The predicted octanol–water partition coefficient (Wildman–Crippen LogP) is 1.61. The predicted molar refractivity (Wildman–Crippen MR) is 50.8 cm³/mol. The summed E-state index contributed by atoms with van der Waals surface area (Å²) in [5.41, 5.74) is -0.192. The van der Waals surface area contributed by atoms with Gasteiger partial charge in [0, 0.05) is 5.56 Å². The smallest absolute Gasteiger partial charge is 0.307 e. The SMILES string of the molecule is COc1cc(CC(=O)O)c(F)c(OC)c1F. The standard InChI is InChI=1S/C10H10F2O4/c1-15-6-3-5(4-7(13)14)8(11)10(16-2)9(6)12/h3H,4H2,1-2H3,(H,13,14). The molecule has 0 amide bonds. The average molecular weight is 232 g/mol. The minimum atomic E-state index is -1.23. The largest absolute Gasteiger partial charge is 0.494 e. The van der Waals surface area contributed by atoms with Crippen LogP contribution in [-0.2, 0) is 11.2 Å². The van der Waals surface area contributed by atoms with E-state index in [1.54, 1.807) is 0 Å². The van der Waals surface area contributed by atoms with Crippen LogP contribution in [0.25, 0.3) is 0 Å². The fourth-order valence-electron chi connectivity index (χ4n) is 1.26. The summed E-state index contributed by atoms with van der Waals surface area (Å²) in [5.74, 6) is -4.14. The minimum Gasteiger partial charge on any atom is -0.494 e. The van der Waals surface area contributed by atoms with Crippen molar-refractivity contribution < 1.29 is 28.2 Å². The molecule has 0 saturated carbocycles. The van der Waals surface area contributed by atoms with Crippen molar-refractivity contribution in [2.75, 3.05) is 14.2 Å². The van der Waals surface area contributed by atoms with Crippen molar-refractivity contribution >= 4 is 5.97 Å². The molecule has 0 atom stereocenters. The van der Waals surface area contributed by atoms with Gasteiger partial charge in [0.25, 0.3) is 0 Å². The van der Waals surface area contributed by atoms with Gasteiger partial charge in [-0.15, -0.1) is 0 Å². The normalized spacial score (nSPS) is 10.0. The fraction of sp³-hybridized carbons (Fsp3) is 0.300. The van der Waals surface area contributed by atoms with E-state index in [-0.39, 0.29) is 11.3 Å². The number of aliphatic carboxylic acids is 1. The van der Waals surface area contributed by atoms with Crippen LogP contribution in [0, 0.1) is 11.6 Å². The van der Waals surface area contributed by atoms with Crippen LogP contribution >= 0.6 is 0 Å². The molecule has 0 aliphatic heterocycles. The molecular weight excluding hydrogens is 222 g/mol. The first-order chi connectivity index (χ1) is 7.51. The van der Waals surface area contributed by atoms with E-state index in [9.17, 15) is 13.6 Å². The van der Waals surface area contributed by atoms with Crippen molar-refractivity contribution in [1.29, 1.82) is 0 Å². The Morgan fingerprint density at radius 2 is 1.94 bits per heavy atom. The van der Waals surface area contributed by atoms with Crippen LogP contribution in [0.15, 0.2) is 6.07 Å². The number of methoxy groups -OCH3 is 2. The minimum absolute atomic E-state index is 0.192. The topological polar surface area (TPSA) is 55.8 Å². The first-order valence-electron chi connectivity index (χ1n) is 4.31. The molecule has 0 aliphatic rings. The maximum atomic E-state index is 13.5. The van der Waals surface area contributed by atoms with Gasteiger partial charge in [-0.1, -0.05) is 0 Å². The van der Waals surface area contributed by atoms with Gasteiger partial charge in [0.1, 0.15) is 0 Å². The molecule has 0 spiro atoms. The van der Waals surface area contributed by atoms with E-state index in [1.807, 2.05) is 0 Å². The van der Waals surface area contributed by atoms with Crippen LogP contribution in [0.2, 0.25) is 0 Å². The molecule has 1 aromatic rings. The Hall–Kier alpha value is -1.85. The van der Waals surface area contributed by atoms with Gasteiger partial charge in [0.2, 0.25) is 5.82 Å². The van der Waals surface area contributed by atoms with Gasteiger partial charge in [-0.05, 0) is 6.07 Å². The monoisotopic (exact) mass is 232 g/mol. The molecule has 88 valence electrons. The third-order valence-electron chi connectivity index (χ3n) is 1.97. The lowest BCUT2D eigenvalue weighted by atomic mass is 10.1. The summed E-state index contributed by atoms with van der Waals surface area (Å²) in [7, 11) is 2.28. The van der Waals surface area contributed by atoms with Crippen molar-refractivity contribution in [2.45, 2.75) is 6.42 Å². The Labute approximate surface area is 90.4 Å². The Morgan fingerprint density at radius 3 is 2.38 bits per heavy atom. The van der Waals surface area contributed by atoms with Gasteiger partial charge >= 0.3 is 5.97 Å². The lowest BCUT2D eigenvalue weighted by Gasteiger charge is -2.10. The first-order valence-corrected chi connectivity index (χ1v) is 4.31. The summed E-state index contributed by atoms with van der Waals surface area (Å²) in [5, 5.41) is 8.55. The molecular formula is C10H10F2O4. The summed E-state index contributed by atoms with van der Waals surface area (Å²) in [4.78, 5) is 10.5. The molecule has 0 fully saturated rings. The Bertz CT molecular complexity index is 418. The summed E-state index contributed by atoms with van der Waals surface area (Å²) in [6.45, 7) is 0. The number of carboxylic acid groups (broad SMARTS) is 1. The van der Waals surface area contributed by atoms with Crippen LogP contribution in [0.4, 0.5) is 8.78 Å². The van der Waals surface area contributed by atoms with Crippen molar-refractivity contribution in [3.8, 4) is 11.5 Å². The van der Waals surface area contributed by atoms with E-state index in [0.717, 1.165) is 13.2 Å². The van der Waals surface area contributed by atoms with Crippen LogP contribution < -0.4 is 9.47 Å². The van der Waals surface area contributed by atoms with Gasteiger partial charge in [-0.25, -0.2) is 4.39 Å². The Balaban J connectivity index is 3.34. The van der Waals surface area contributed by atoms with E-state index < -0.39 is 29.8 Å². The zero-order valence-electron chi connectivity index (χ0n) is 8.71. The lowest BCUT2D eigenvalue weighted by Crippen LogP contribution is -2.06. The number of hydrogen-bond acceptors (Lipinski definition) is 3. The lowest BCUT2D eigenvalue weighted by molar-refractivity contribution is -0.136. The molecule has 0 radical (unpaired) electrons. The second kappa shape index (κ2) is 4.78. The van der Waals surface area contributed by atoms with Gasteiger partial charge < -0.3 is 14.6 Å². The van der Waals surface area contributed by atoms with Crippen molar-refractivity contribution in [3.63, 3.8) is 0 Å². The third-order valence-corrected chi connectivity index (χ3v) is 1.97. The molecule has 0 heterocycles. The zero-order chi connectivity index (χ0) is 12.3. The second-order valence-electron chi connectivity index (χ2n) is 2.97. The average Bonchev–Trinajstić information content (AvgIpc) is 2.22. The molecule has 1 N–H and O–H groups in total. The summed E-state index contributed by atoms with van der Waals surface area (Å²) >= 11 is 0. The Kier molecular flexibility index (Phi) is 3.65. The van der Waals surface area contributed by atoms with E-state index in [2.05, 4.69) is 9.47 Å². The van der Waals surface area contributed by atoms with Crippen molar-refractivity contribution in [1.82, 2.24) is 0 Å². The summed E-state index contributed by atoms with van der Waals surface area (Å²) in [6.07, 6.45) is -0.571. The molecule has 0 aromatic heterocycles. The molecule has 16 heavy (non-hydrogen) atoms. The van der Waals surface area contributed by atoms with Gasteiger partial charge in [-0.2, -0.15) is 4.39 Å². The van der Waals surface area contributed by atoms with E-state index in [1.165, 1.54) is 7.11 Å². The van der Waals surface area contributed by atoms with Crippen LogP contribution in [0.5, 0.6) is 11.5 Å². The maximum Gasteiger partial charge on any atom is 0.307 e. The highest BCUT2D eigenvalue weighted by atomic mass is 19.1. The fourth-order valence-corrected chi connectivity index (χ4v) is 1.26. The number of carbonyl (C=O) groups is 1. The molecule has 4 nitrogen and oxygen atoms in total. The summed E-state index contributed by atoms with van der Waals surface area (Å²) < 4.78 is 36.1. The van der Waals surface area contributed by atoms with Gasteiger partial charge in [-0.3, -0.25) is 4.79 Å².